The second-order valence-corrected chi connectivity index (χ2v) is 1.52. The van der Waals surface area contributed by atoms with Gasteiger partial charge in [0, 0.05) is 12.6 Å². The molecule has 0 aliphatic heterocycles. The quantitative estimate of drug-likeness (QED) is 0.276. The zero-order valence-electron chi connectivity index (χ0n) is 7.37. The Balaban J connectivity index is 0. The van der Waals surface area contributed by atoms with Crippen LogP contribution in [-0.4, -0.2) is 25.2 Å². The number of ether oxygens (including phenoxy) is 1. The number of hydrogen-bond acceptors (Lipinski definition) is 4. The molecule has 0 rings (SSSR count). The van der Waals surface area contributed by atoms with Crippen LogP contribution in [0.15, 0.2) is 17.6 Å². The highest BCUT2D eigenvalue weighted by atomic mass is 16.5. The summed E-state index contributed by atoms with van der Waals surface area (Å²) in [7, 11) is 0. The summed E-state index contributed by atoms with van der Waals surface area (Å²) in [5, 5.41) is 0. The van der Waals surface area contributed by atoms with Gasteiger partial charge in [0.05, 0.1) is 6.61 Å². The summed E-state index contributed by atoms with van der Waals surface area (Å²) in [4.78, 5) is 22.4. The third-order valence-electron chi connectivity index (χ3n) is 0.676. The Morgan fingerprint density at radius 2 is 2.25 bits per heavy atom. The van der Waals surface area contributed by atoms with Crippen molar-refractivity contribution in [2.24, 2.45) is 4.99 Å². The highest BCUT2D eigenvalue weighted by Crippen LogP contribution is 1.74. The lowest BCUT2D eigenvalue weighted by Gasteiger charge is -1.90. The minimum atomic E-state index is -0.359. The van der Waals surface area contributed by atoms with E-state index >= 15 is 0 Å². The highest BCUT2D eigenvalue weighted by Gasteiger charge is 1.86. The fourth-order valence-electron chi connectivity index (χ4n) is 0.266. The van der Waals surface area contributed by atoms with Gasteiger partial charge in [0.1, 0.15) is 0 Å². The lowest BCUT2D eigenvalue weighted by Crippen LogP contribution is -1.97. The first-order valence-electron chi connectivity index (χ1n) is 3.55. The van der Waals surface area contributed by atoms with E-state index in [0.29, 0.717) is 13.2 Å². The van der Waals surface area contributed by atoms with Gasteiger partial charge in [-0.1, -0.05) is 6.58 Å². The first kappa shape index (κ1) is 13.2. The van der Waals surface area contributed by atoms with Gasteiger partial charge in [-0.15, -0.1) is 0 Å². The minimum absolute atomic E-state index is 0.359. The molecule has 0 spiro atoms. The van der Waals surface area contributed by atoms with E-state index in [1.165, 1.54) is 6.08 Å². The van der Waals surface area contributed by atoms with Crippen LogP contribution in [0.4, 0.5) is 0 Å². The van der Waals surface area contributed by atoms with Crippen LogP contribution in [0, 0.1) is 0 Å². The number of aliphatic imine (C=N–C) groups is 1. The number of isocyanates is 1. The van der Waals surface area contributed by atoms with Gasteiger partial charge in [-0.2, -0.15) is 0 Å². The van der Waals surface area contributed by atoms with Crippen molar-refractivity contribution >= 4 is 12.0 Å². The monoisotopic (exact) mass is 171 g/mol. The first-order chi connectivity index (χ1) is 5.72. The molecule has 4 nitrogen and oxygen atoms in total. The molecule has 0 fully saturated rings. The fraction of sp³-hybridized carbons (Fsp3) is 0.500. The van der Waals surface area contributed by atoms with Gasteiger partial charge < -0.3 is 4.74 Å². The second-order valence-electron chi connectivity index (χ2n) is 1.52. The predicted octanol–water partition coefficient (Wildman–Crippen LogP) is 1.08. The summed E-state index contributed by atoms with van der Waals surface area (Å²) in [6.07, 6.45) is 2.53. The topological polar surface area (TPSA) is 55.7 Å². The summed E-state index contributed by atoms with van der Waals surface area (Å²) in [5.74, 6) is -0.359. The summed E-state index contributed by atoms with van der Waals surface area (Å²) >= 11 is 0. The molecular formula is C8H13NO3. The molecule has 0 saturated heterocycles. The second kappa shape index (κ2) is 12.3. The van der Waals surface area contributed by atoms with Gasteiger partial charge in [-0.05, 0) is 13.8 Å². The van der Waals surface area contributed by atoms with Crippen LogP contribution >= 0.6 is 0 Å². The van der Waals surface area contributed by atoms with Crippen molar-refractivity contribution in [3.05, 3.63) is 12.7 Å². The molecule has 0 aromatic heterocycles. The maximum absolute atomic E-state index is 10.1. The third-order valence-corrected chi connectivity index (χ3v) is 0.676. The number of esters is 1. The van der Waals surface area contributed by atoms with Crippen molar-refractivity contribution in [2.45, 2.75) is 13.8 Å². The zero-order chi connectivity index (χ0) is 9.82. The summed E-state index contributed by atoms with van der Waals surface area (Å²) in [5.41, 5.74) is 0. The number of hydrogen-bond donors (Lipinski definition) is 0. The van der Waals surface area contributed by atoms with Crippen LogP contribution in [0.5, 0.6) is 0 Å². The van der Waals surface area contributed by atoms with Gasteiger partial charge in [0.25, 0.3) is 0 Å². The zero-order valence-corrected chi connectivity index (χ0v) is 7.37. The molecular weight excluding hydrogens is 158 g/mol. The summed E-state index contributed by atoms with van der Waals surface area (Å²) in [6.45, 7) is 7.71. The van der Waals surface area contributed by atoms with Crippen molar-refractivity contribution in [3.8, 4) is 0 Å². The molecule has 0 aliphatic rings. The molecule has 0 saturated carbocycles. The third kappa shape index (κ3) is 15.8. The van der Waals surface area contributed by atoms with E-state index in [-0.39, 0.29) is 5.97 Å². The van der Waals surface area contributed by atoms with Gasteiger partial charge in [-0.25, -0.2) is 14.6 Å². The van der Waals surface area contributed by atoms with Crippen molar-refractivity contribution in [2.75, 3.05) is 13.2 Å². The number of nitrogens with zero attached hydrogens (tertiary/aromatic N) is 1. The predicted molar refractivity (Wildman–Crippen MR) is 45.5 cm³/mol. The molecule has 0 aliphatic carbocycles. The molecule has 0 atom stereocenters. The Morgan fingerprint density at radius 3 is 2.33 bits per heavy atom. The molecule has 0 aromatic carbocycles. The molecule has 0 unspecified atom stereocenters. The van der Waals surface area contributed by atoms with Crippen LogP contribution in [0.1, 0.15) is 13.8 Å². The van der Waals surface area contributed by atoms with Gasteiger partial charge in [0.15, 0.2) is 0 Å². The molecule has 0 heterocycles. The van der Waals surface area contributed by atoms with E-state index < -0.39 is 0 Å². The molecule has 0 radical (unpaired) electrons. The molecule has 68 valence electrons. The van der Waals surface area contributed by atoms with Crippen LogP contribution in [0.2, 0.25) is 0 Å². The van der Waals surface area contributed by atoms with Crippen LogP contribution in [0.25, 0.3) is 0 Å². The Bertz CT molecular complexity index is 171. The van der Waals surface area contributed by atoms with Crippen molar-refractivity contribution < 1.29 is 14.3 Å². The Morgan fingerprint density at radius 1 is 1.67 bits per heavy atom. The smallest absolute Gasteiger partial charge is 0.330 e. The van der Waals surface area contributed by atoms with E-state index in [4.69, 9.17) is 4.79 Å². The standard InChI is InChI=1S/C5H8O2.C3H5NO/c1-3-5(6)7-4-2;1-2-4-3-5/h3H,1,4H2,2H3;2H2,1H3. The van der Waals surface area contributed by atoms with E-state index in [0.717, 1.165) is 6.08 Å². The largest absolute Gasteiger partial charge is 0.463 e. The molecule has 0 amide bonds. The Kier molecular flexibility index (Phi) is 13.5. The van der Waals surface area contributed by atoms with Gasteiger partial charge in [0.2, 0.25) is 6.08 Å². The highest BCUT2D eigenvalue weighted by molar-refractivity contribution is 5.81. The van der Waals surface area contributed by atoms with Crippen LogP contribution in [-0.2, 0) is 14.3 Å². The fourth-order valence-corrected chi connectivity index (χ4v) is 0.266. The molecule has 0 N–H and O–H groups in total. The molecule has 4 heteroatoms. The Hall–Kier alpha value is -1.41. The molecule has 0 bridgehead atoms. The van der Waals surface area contributed by atoms with E-state index in [1.54, 1.807) is 13.8 Å². The van der Waals surface area contributed by atoms with Crippen LogP contribution in [0.3, 0.4) is 0 Å². The molecule has 0 aromatic rings. The van der Waals surface area contributed by atoms with Crippen molar-refractivity contribution in [1.29, 1.82) is 0 Å². The van der Waals surface area contributed by atoms with E-state index in [1.807, 2.05) is 0 Å². The number of carbonyl (C=O) groups is 1. The van der Waals surface area contributed by atoms with Gasteiger partial charge in [-0.3, -0.25) is 0 Å². The lowest BCUT2D eigenvalue weighted by atomic mass is 10.6. The van der Waals surface area contributed by atoms with Gasteiger partial charge >= 0.3 is 5.97 Å². The maximum Gasteiger partial charge on any atom is 0.330 e. The number of carbonyl (C=O) groups excluding carboxylic acids is 2. The summed E-state index contributed by atoms with van der Waals surface area (Å²) in [6, 6.07) is 0. The lowest BCUT2D eigenvalue weighted by molar-refractivity contribution is -0.137. The van der Waals surface area contributed by atoms with Crippen molar-refractivity contribution in [3.63, 3.8) is 0 Å². The van der Waals surface area contributed by atoms with E-state index in [9.17, 15) is 4.79 Å². The summed E-state index contributed by atoms with van der Waals surface area (Å²) < 4.78 is 4.43. The number of rotatable bonds is 3. The Labute approximate surface area is 71.9 Å². The average molecular weight is 171 g/mol. The minimum Gasteiger partial charge on any atom is -0.463 e. The van der Waals surface area contributed by atoms with E-state index in [2.05, 4.69) is 16.3 Å². The maximum atomic E-state index is 10.1. The van der Waals surface area contributed by atoms with Crippen LogP contribution < -0.4 is 0 Å². The first-order valence-corrected chi connectivity index (χ1v) is 3.55. The molecule has 12 heavy (non-hydrogen) atoms. The normalized spacial score (nSPS) is 6.83. The SMILES string of the molecule is C=CC(=O)OCC.CCN=C=O. The average Bonchev–Trinajstić information content (AvgIpc) is 2.07. The van der Waals surface area contributed by atoms with Crippen molar-refractivity contribution in [1.82, 2.24) is 0 Å².